The van der Waals surface area contributed by atoms with Crippen LogP contribution in [0, 0.1) is 0 Å². The SMILES string of the molecule is NC(Cc1ccccc1)c1nnc2n1N=C(c1ccccc1)CS2. The number of benzene rings is 2. The molecule has 5 nitrogen and oxygen atoms in total. The second kappa shape index (κ2) is 6.59. The van der Waals surface area contributed by atoms with Gasteiger partial charge in [0, 0.05) is 5.75 Å². The predicted octanol–water partition coefficient (Wildman–Crippen LogP) is 2.88. The number of nitrogens with zero attached hydrogens (tertiary/aromatic N) is 4. The van der Waals surface area contributed by atoms with Gasteiger partial charge in [0.15, 0.2) is 5.82 Å². The fourth-order valence-corrected chi connectivity index (χ4v) is 3.55. The summed E-state index contributed by atoms with van der Waals surface area (Å²) in [6.07, 6.45) is 0.708. The lowest BCUT2D eigenvalue weighted by Gasteiger charge is -2.16. The second-order valence-electron chi connectivity index (χ2n) is 5.65. The summed E-state index contributed by atoms with van der Waals surface area (Å²) in [5.41, 5.74) is 9.69. The highest BCUT2D eigenvalue weighted by molar-refractivity contribution is 7.99. The Labute approximate surface area is 144 Å². The maximum Gasteiger partial charge on any atom is 0.212 e. The highest BCUT2D eigenvalue weighted by atomic mass is 32.2. The molecule has 0 radical (unpaired) electrons. The van der Waals surface area contributed by atoms with Crippen molar-refractivity contribution in [1.29, 1.82) is 0 Å². The summed E-state index contributed by atoms with van der Waals surface area (Å²) in [5, 5.41) is 14.1. The van der Waals surface area contributed by atoms with Crippen LogP contribution < -0.4 is 5.73 Å². The first-order valence-corrected chi connectivity index (χ1v) is 8.81. The minimum absolute atomic E-state index is 0.242. The maximum atomic E-state index is 6.38. The number of rotatable bonds is 4. The Morgan fingerprint density at radius 1 is 1.00 bits per heavy atom. The van der Waals surface area contributed by atoms with Crippen LogP contribution in [-0.4, -0.2) is 26.3 Å². The molecule has 6 heteroatoms. The van der Waals surface area contributed by atoms with Crippen LogP contribution in [0.15, 0.2) is 70.9 Å². The molecule has 1 aromatic heterocycles. The summed E-state index contributed by atoms with van der Waals surface area (Å²) >= 11 is 1.64. The van der Waals surface area contributed by atoms with E-state index in [1.807, 2.05) is 36.4 Å². The molecular formula is C18H17N5S. The molecule has 0 bridgehead atoms. The van der Waals surface area contributed by atoms with Gasteiger partial charge in [-0.2, -0.15) is 9.78 Å². The summed E-state index contributed by atoms with van der Waals surface area (Å²) in [4.78, 5) is 0. The molecule has 120 valence electrons. The van der Waals surface area contributed by atoms with Gasteiger partial charge in [-0.3, -0.25) is 0 Å². The molecule has 24 heavy (non-hydrogen) atoms. The first-order chi connectivity index (χ1) is 11.8. The number of nitrogens with two attached hydrogens (primary N) is 1. The van der Waals surface area contributed by atoms with Crippen LogP contribution in [0.1, 0.15) is 23.0 Å². The monoisotopic (exact) mass is 335 g/mol. The van der Waals surface area contributed by atoms with Crippen molar-refractivity contribution < 1.29 is 0 Å². The highest BCUT2D eigenvalue weighted by Crippen LogP contribution is 2.26. The van der Waals surface area contributed by atoms with Gasteiger partial charge in [-0.05, 0) is 17.5 Å². The Balaban J connectivity index is 1.64. The normalized spacial score (nSPS) is 14.8. The fraction of sp³-hybridized carbons (Fsp3) is 0.167. The predicted molar refractivity (Wildman–Crippen MR) is 96.2 cm³/mol. The molecule has 2 aromatic carbocycles. The largest absolute Gasteiger partial charge is 0.321 e. The molecule has 3 aromatic rings. The fourth-order valence-electron chi connectivity index (χ4n) is 2.71. The van der Waals surface area contributed by atoms with E-state index < -0.39 is 0 Å². The van der Waals surface area contributed by atoms with Crippen LogP contribution in [-0.2, 0) is 6.42 Å². The van der Waals surface area contributed by atoms with Crippen LogP contribution in [0.2, 0.25) is 0 Å². The average Bonchev–Trinajstić information content (AvgIpc) is 3.06. The van der Waals surface area contributed by atoms with Crippen molar-refractivity contribution >= 4 is 17.5 Å². The van der Waals surface area contributed by atoms with Gasteiger partial charge < -0.3 is 5.73 Å². The quantitative estimate of drug-likeness (QED) is 0.796. The molecule has 1 unspecified atom stereocenters. The standard InChI is InChI=1S/C18H17N5S/c19-15(11-13-7-3-1-4-8-13)17-20-21-18-23(17)22-16(12-24-18)14-9-5-2-6-10-14/h1-10,15H,11-12,19H2. The summed E-state index contributed by atoms with van der Waals surface area (Å²) in [5.74, 6) is 1.49. The molecular weight excluding hydrogens is 318 g/mol. The van der Waals surface area contributed by atoms with E-state index in [1.165, 1.54) is 5.56 Å². The third-order valence-corrected chi connectivity index (χ3v) is 4.86. The highest BCUT2D eigenvalue weighted by Gasteiger charge is 2.23. The van der Waals surface area contributed by atoms with Crippen molar-refractivity contribution in [2.75, 3.05) is 5.75 Å². The molecule has 0 saturated heterocycles. The summed E-state index contributed by atoms with van der Waals surface area (Å²) in [6.45, 7) is 0. The summed E-state index contributed by atoms with van der Waals surface area (Å²) < 4.78 is 1.80. The Bertz CT molecular complexity index is 858. The van der Waals surface area contributed by atoms with E-state index in [2.05, 4.69) is 34.5 Å². The van der Waals surface area contributed by atoms with E-state index in [-0.39, 0.29) is 6.04 Å². The van der Waals surface area contributed by atoms with Crippen LogP contribution in [0.4, 0.5) is 0 Å². The van der Waals surface area contributed by atoms with Crippen LogP contribution in [0.3, 0.4) is 0 Å². The molecule has 0 spiro atoms. The van der Waals surface area contributed by atoms with Crippen molar-refractivity contribution in [3.05, 3.63) is 77.6 Å². The summed E-state index contributed by atoms with van der Waals surface area (Å²) in [6, 6.07) is 20.1. The van der Waals surface area contributed by atoms with Gasteiger partial charge in [-0.1, -0.05) is 72.4 Å². The van der Waals surface area contributed by atoms with Gasteiger partial charge in [0.1, 0.15) is 0 Å². The summed E-state index contributed by atoms with van der Waals surface area (Å²) in [7, 11) is 0. The average molecular weight is 335 g/mol. The Kier molecular flexibility index (Phi) is 4.15. The number of aromatic nitrogens is 3. The number of fused-ring (bicyclic) bond motifs is 1. The second-order valence-corrected chi connectivity index (χ2v) is 6.59. The van der Waals surface area contributed by atoms with Crippen LogP contribution in [0.25, 0.3) is 0 Å². The minimum Gasteiger partial charge on any atom is -0.321 e. The first kappa shape index (κ1) is 15.1. The van der Waals surface area contributed by atoms with Crippen molar-refractivity contribution in [3.8, 4) is 0 Å². The topological polar surface area (TPSA) is 69.1 Å². The number of hydrogen-bond acceptors (Lipinski definition) is 5. The molecule has 0 fully saturated rings. The van der Waals surface area contributed by atoms with Gasteiger partial charge in [0.2, 0.25) is 5.16 Å². The van der Waals surface area contributed by atoms with Crippen molar-refractivity contribution in [2.45, 2.75) is 17.6 Å². The lowest BCUT2D eigenvalue weighted by Crippen LogP contribution is -2.21. The third-order valence-electron chi connectivity index (χ3n) is 3.93. The Hall–Kier alpha value is -2.44. The molecule has 0 aliphatic carbocycles. The van der Waals surface area contributed by atoms with Crippen LogP contribution >= 0.6 is 11.8 Å². The lowest BCUT2D eigenvalue weighted by atomic mass is 10.1. The van der Waals surface area contributed by atoms with Crippen molar-refractivity contribution in [2.24, 2.45) is 10.8 Å². The zero-order valence-electron chi connectivity index (χ0n) is 13.0. The van der Waals surface area contributed by atoms with E-state index in [9.17, 15) is 0 Å². The minimum atomic E-state index is -0.242. The van der Waals surface area contributed by atoms with Gasteiger partial charge in [0.05, 0.1) is 11.8 Å². The van der Waals surface area contributed by atoms with E-state index in [0.717, 1.165) is 22.2 Å². The Morgan fingerprint density at radius 2 is 1.71 bits per heavy atom. The van der Waals surface area contributed by atoms with E-state index >= 15 is 0 Å². The Morgan fingerprint density at radius 3 is 2.46 bits per heavy atom. The molecule has 1 aliphatic heterocycles. The maximum absolute atomic E-state index is 6.38. The third kappa shape index (κ3) is 2.98. The molecule has 1 aliphatic rings. The van der Waals surface area contributed by atoms with E-state index in [0.29, 0.717) is 12.2 Å². The molecule has 0 saturated carbocycles. The smallest absolute Gasteiger partial charge is 0.212 e. The molecule has 1 atom stereocenters. The molecule has 2 N–H and O–H groups in total. The van der Waals surface area contributed by atoms with Gasteiger partial charge in [0.25, 0.3) is 0 Å². The van der Waals surface area contributed by atoms with E-state index in [4.69, 9.17) is 10.8 Å². The molecule has 2 heterocycles. The number of hydrogen-bond donors (Lipinski definition) is 1. The van der Waals surface area contributed by atoms with Crippen molar-refractivity contribution in [3.63, 3.8) is 0 Å². The zero-order chi connectivity index (χ0) is 16.4. The molecule has 0 amide bonds. The lowest BCUT2D eigenvalue weighted by molar-refractivity contribution is 0.606. The van der Waals surface area contributed by atoms with Crippen molar-refractivity contribution in [1.82, 2.24) is 14.9 Å². The van der Waals surface area contributed by atoms with E-state index in [1.54, 1.807) is 16.4 Å². The van der Waals surface area contributed by atoms with Gasteiger partial charge >= 0.3 is 0 Å². The van der Waals surface area contributed by atoms with Gasteiger partial charge in [-0.15, -0.1) is 10.2 Å². The van der Waals surface area contributed by atoms with Gasteiger partial charge in [-0.25, -0.2) is 0 Å². The first-order valence-electron chi connectivity index (χ1n) is 7.82. The zero-order valence-corrected chi connectivity index (χ0v) is 13.9. The number of thioether (sulfide) groups is 1. The molecule has 4 rings (SSSR count). The van der Waals surface area contributed by atoms with Crippen LogP contribution in [0.5, 0.6) is 0 Å².